The van der Waals surface area contributed by atoms with E-state index in [9.17, 15) is 4.79 Å². The Bertz CT molecular complexity index is 744. The molecule has 2 aromatic rings. The first kappa shape index (κ1) is 19.8. The van der Waals surface area contributed by atoms with E-state index in [1.54, 1.807) is 13.2 Å². The molecule has 0 aliphatic carbocycles. The van der Waals surface area contributed by atoms with Crippen LogP contribution in [-0.4, -0.2) is 19.6 Å². The second-order valence-corrected chi connectivity index (χ2v) is 6.78. The fourth-order valence-electron chi connectivity index (χ4n) is 2.55. The van der Waals surface area contributed by atoms with Gasteiger partial charge in [0.2, 0.25) is 5.91 Å². The Morgan fingerprint density at radius 3 is 2.54 bits per heavy atom. The summed E-state index contributed by atoms with van der Waals surface area (Å²) < 4.78 is 11.3. The van der Waals surface area contributed by atoms with Crippen LogP contribution < -0.4 is 20.5 Å². The van der Waals surface area contributed by atoms with Crippen LogP contribution in [0.5, 0.6) is 11.5 Å². The lowest BCUT2D eigenvalue weighted by atomic mass is 10.1. The maximum absolute atomic E-state index is 11.3. The molecule has 0 fully saturated rings. The number of primary amides is 1. The number of carbonyl (C=O) groups excluding carboxylic acids is 1. The van der Waals surface area contributed by atoms with Gasteiger partial charge in [-0.25, -0.2) is 0 Å². The number of hydrogen-bond donors (Lipinski definition) is 2. The monoisotopic (exact) mass is 356 g/mol. The number of nitrogens with two attached hydrogens (primary N) is 1. The molecule has 140 valence electrons. The van der Waals surface area contributed by atoms with Crippen LogP contribution in [0.4, 0.5) is 0 Å². The average Bonchev–Trinajstić information content (AvgIpc) is 2.64. The number of benzene rings is 2. The summed E-state index contributed by atoms with van der Waals surface area (Å²) in [5.41, 5.74) is 7.97. The molecule has 1 atom stereocenters. The molecule has 0 radical (unpaired) electrons. The van der Waals surface area contributed by atoms with Crippen molar-refractivity contribution in [2.45, 2.75) is 33.4 Å². The molecule has 2 rings (SSSR count). The topological polar surface area (TPSA) is 73.6 Å². The zero-order valence-electron chi connectivity index (χ0n) is 15.9. The van der Waals surface area contributed by atoms with Crippen molar-refractivity contribution in [2.75, 3.05) is 13.7 Å². The van der Waals surface area contributed by atoms with Crippen LogP contribution in [0, 0.1) is 5.92 Å². The Kier molecular flexibility index (Phi) is 7.04. The molecule has 5 heteroatoms. The van der Waals surface area contributed by atoms with Crippen LogP contribution in [0.25, 0.3) is 0 Å². The minimum absolute atomic E-state index is 0.111. The van der Waals surface area contributed by atoms with E-state index in [1.165, 1.54) is 0 Å². The number of rotatable bonds is 9. The smallest absolute Gasteiger partial charge is 0.248 e. The third kappa shape index (κ3) is 5.49. The van der Waals surface area contributed by atoms with Gasteiger partial charge in [0.1, 0.15) is 0 Å². The van der Waals surface area contributed by atoms with Crippen molar-refractivity contribution in [1.29, 1.82) is 0 Å². The van der Waals surface area contributed by atoms with Gasteiger partial charge < -0.3 is 20.5 Å². The van der Waals surface area contributed by atoms with Crippen molar-refractivity contribution < 1.29 is 14.3 Å². The average molecular weight is 356 g/mol. The van der Waals surface area contributed by atoms with Crippen molar-refractivity contribution in [3.8, 4) is 11.5 Å². The second kappa shape index (κ2) is 9.25. The van der Waals surface area contributed by atoms with Crippen molar-refractivity contribution in [3.63, 3.8) is 0 Å². The number of nitrogens with one attached hydrogen (secondary N) is 1. The molecule has 0 aromatic heterocycles. The van der Waals surface area contributed by atoms with Gasteiger partial charge in [-0.1, -0.05) is 32.0 Å². The number of methoxy groups -OCH3 is 1. The highest BCUT2D eigenvalue weighted by molar-refractivity contribution is 5.92. The Balaban J connectivity index is 2.03. The number of carbonyl (C=O) groups is 1. The molecule has 0 heterocycles. The van der Waals surface area contributed by atoms with Gasteiger partial charge in [-0.3, -0.25) is 4.79 Å². The lowest BCUT2D eigenvalue weighted by Gasteiger charge is -2.18. The molecule has 0 aliphatic heterocycles. The number of hydrogen-bond acceptors (Lipinski definition) is 4. The molecule has 0 saturated heterocycles. The second-order valence-electron chi connectivity index (χ2n) is 6.78. The summed E-state index contributed by atoms with van der Waals surface area (Å²) in [6.45, 7) is 7.59. The van der Waals surface area contributed by atoms with E-state index in [1.807, 2.05) is 36.4 Å². The minimum Gasteiger partial charge on any atom is -0.493 e. The first-order valence-electron chi connectivity index (χ1n) is 8.83. The Morgan fingerprint density at radius 1 is 1.12 bits per heavy atom. The van der Waals surface area contributed by atoms with Crippen molar-refractivity contribution in [3.05, 3.63) is 59.2 Å². The van der Waals surface area contributed by atoms with Gasteiger partial charge in [-0.2, -0.15) is 0 Å². The summed E-state index contributed by atoms with van der Waals surface area (Å²) >= 11 is 0. The fraction of sp³-hybridized carbons (Fsp3) is 0.381. The molecule has 0 saturated carbocycles. The molecular formula is C21H28N2O3. The number of ether oxygens (including phenoxy) is 2. The zero-order valence-corrected chi connectivity index (χ0v) is 15.9. The predicted octanol–water partition coefficient (Wildman–Crippen LogP) is 3.68. The van der Waals surface area contributed by atoms with E-state index < -0.39 is 5.91 Å². The molecule has 3 N–H and O–H groups in total. The van der Waals surface area contributed by atoms with Crippen molar-refractivity contribution in [1.82, 2.24) is 5.32 Å². The lowest BCUT2D eigenvalue weighted by molar-refractivity contribution is 0.1000. The normalized spacial score (nSPS) is 12.0. The maximum atomic E-state index is 11.3. The summed E-state index contributed by atoms with van der Waals surface area (Å²) in [6, 6.07) is 13.4. The van der Waals surface area contributed by atoms with Crippen LogP contribution in [-0.2, 0) is 6.54 Å². The standard InChI is InChI=1S/C21H28N2O3/c1-14(2)13-26-19-9-8-17(11-20(19)25-4)15(3)23-12-16-6-5-7-18(10-16)21(22)24/h5-11,14-15,23H,12-13H2,1-4H3,(H2,22,24). The van der Waals surface area contributed by atoms with Gasteiger partial charge in [0.05, 0.1) is 13.7 Å². The number of amides is 1. The molecule has 0 bridgehead atoms. The van der Waals surface area contributed by atoms with Gasteiger partial charge in [0, 0.05) is 18.2 Å². The van der Waals surface area contributed by atoms with Crippen LogP contribution in [0.15, 0.2) is 42.5 Å². The summed E-state index contributed by atoms with van der Waals surface area (Å²) in [7, 11) is 1.65. The summed E-state index contributed by atoms with van der Waals surface area (Å²) in [5.74, 6) is 1.52. The molecule has 0 aliphatic rings. The SMILES string of the molecule is COc1cc(C(C)NCc2cccc(C(N)=O)c2)ccc1OCC(C)C. The quantitative estimate of drug-likeness (QED) is 0.719. The van der Waals surface area contributed by atoms with E-state index in [0.29, 0.717) is 24.6 Å². The molecule has 5 nitrogen and oxygen atoms in total. The van der Waals surface area contributed by atoms with Gasteiger partial charge >= 0.3 is 0 Å². The third-order valence-electron chi connectivity index (χ3n) is 4.08. The molecule has 0 spiro atoms. The minimum atomic E-state index is -0.415. The summed E-state index contributed by atoms with van der Waals surface area (Å²) in [4.78, 5) is 11.3. The van der Waals surface area contributed by atoms with Crippen LogP contribution in [0.3, 0.4) is 0 Å². The third-order valence-corrected chi connectivity index (χ3v) is 4.08. The zero-order chi connectivity index (χ0) is 19.1. The van der Waals surface area contributed by atoms with Crippen molar-refractivity contribution in [2.24, 2.45) is 11.7 Å². The van der Waals surface area contributed by atoms with Crippen LogP contribution >= 0.6 is 0 Å². The molecule has 1 unspecified atom stereocenters. The van der Waals surface area contributed by atoms with Gasteiger partial charge in [-0.15, -0.1) is 0 Å². The molecule has 1 amide bonds. The van der Waals surface area contributed by atoms with Gasteiger partial charge in [0.25, 0.3) is 0 Å². The molecular weight excluding hydrogens is 328 g/mol. The Hall–Kier alpha value is -2.53. The van der Waals surface area contributed by atoms with E-state index in [0.717, 1.165) is 22.6 Å². The van der Waals surface area contributed by atoms with Gasteiger partial charge in [0.15, 0.2) is 11.5 Å². The highest BCUT2D eigenvalue weighted by atomic mass is 16.5. The highest BCUT2D eigenvalue weighted by Crippen LogP contribution is 2.30. The van der Waals surface area contributed by atoms with Crippen LogP contribution in [0.1, 0.15) is 48.3 Å². The summed E-state index contributed by atoms with van der Waals surface area (Å²) in [6.07, 6.45) is 0. The van der Waals surface area contributed by atoms with E-state index in [2.05, 4.69) is 26.1 Å². The Labute approximate surface area is 155 Å². The predicted molar refractivity (Wildman–Crippen MR) is 104 cm³/mol. The maximum Gasteiger partial charge on any atom is 0.248 e. The summed E-state index contributed by atoms with van der Waals surface area (Å²) in [5, 5.41) is 3.45. The van der Waals surface area contributed by atoms with E-state index in [-0.39, 0.29) is 6.04 Å². The van der Waals surface area contributed by atoms with Crippen molar-refractivity contribution >= 4 is 5.91 Å². The first-order valence-corrected chi connectivity index (χ1v) is 8.83. The van der Waals surface area contributed by atoms with E-state index >= 15 is 0 Å². The van der Waals surface area contributed by atoms with E-state index in [4.69, 9.17) is 15.2 Å². The lowest BCUT2D eigenvalue weighted by Crippen LogP contribution is -2.19. The largest absolute Gasteiger partial charge is 0.493 e. The molecule has 2 aromatic carbocycles. The highest BCUT2D eigenvalue weighted by Gasteiger charge is 2.11. The fourth-order valence-corrected chi connectivity index (χ4v) is 2.55. The molecule has 26 heavy (non-hydrogen) atoms. The first-order chi connectivity index (χ1) is 12.4. The van der Waals surface area contributed by atoms with Crippen LogP contribution in [0.2, 0.25) is 0 Å². The Morgan fingerprint density at radius 2 is 1.88 bits per heavy atom. The van der Waals surface area contributed by atoms with Gasteiger partial charge in [-0.05, 0) is 48.2 Å².